The molecule has 13 heteroatoms. The van der Waals surface area contributed by atoms with Gasteiger partial charge in [-0.05, 0) is 26.7 Å². The molecule has 0 aromatic heterocycles. The minimum absolute atomic E-state index is 0.230. The van der Waals surface area contributed by atoms with Crippen LogP contribution in [0.3, 0.4) is 0 Å². The van der Waals surface area contributed by atoms with Crippen LogP contribution >= 0.6 is 0 Å². The van der Waals surface area contributed by atoms with Crippen LogP contribution in [0, 0.1) is 0 Å². The molecule has 0 rings (SSSR count). The van der Waals surface area contributed by atoms with Gasteiger partial charge in [0.25, 0.3) is 0 Å². The molecular formula is C16H27N5O8. The number of nitrogens with two attached hydrogens (primary N) is 2. The highest BCUT2D eigenvalue weighted by Crippen LogP contribution is 2.03. The summed E-state index contributed by atoms with van der Waals surface area (Å²) in [5, 5.41) is 24.5. The Balaban J connectivity index is 5.17. The monoisotopic (exact) mass is 417 g/mol. The molecule has 4 atom stereocenters. The standard InChI is InChI=1S/C16H27N5O8/c1-7(17)13(25)19-8(2)14(26)20-9(3-5-11(18)22)15(27)21-10(16(28)29)4-6-12(23)24/h7-10H,3-6,17H2,1-2H3,(H2,18,22)(H,19,25)(H,20,26)(H,21,27)(H,23,24)(H,28,29). The summed E-state index contributed by atoms with van der Waals surface area (Å²) < 4.78 is 0. The topological polar surface area (TPSA) is 231 Å². The van der Waals surface area contributed by atoms with Gasteiger partial charge in [-0.25, -0.2) is 4.79 Å². The SMILES string of the molecule is CC(N)C(=O)NC(C)C(=O)NC(CCC(N)=O)C(=O)NC(CCC(=O)O)C(=O)O. The number of hydrogen-bond acceptors (Lipinski definition) is 7. The number of carbonyl (C=O) groups excluding carboxylic acids is 4. The van der Waals surface area contributed by atoms with Crippen molar-refractivity contribution in [3.63, 3.8) is 0 Å². The van der Waals surface area contributed by atoms with E-state index < -0.39 is 66.2 Å². The Kier molecular flexibility index (Phi) is 10.9. The summed E-state index contributed by atoms with van der Waals surface area (Å²) in [5.74, 6) is -5.79. The zero-order valence-electron chi connectivity index (χ0n) is 16.1. The van der Waals surface area contributed by atoms with Crippen molar-refractivity contribution in [1.29, 1.82) is 0 Å². The average Bonchev–Trinajstić information content (AvgIpc) is 2.60. The lowest BCUT2D eigenvalue weighted by Crippen LogP contribution is -2.56. The number of amides is 4. The van der Waals surface area contributed by atoms with Crippen LogP contribution in [0.25, 0.3) is 0 Å². The largest absolute Gasteiger partial charge is 0.481 e. The molecule has 0 radical (unpaired) electrons. The smallest absolute Gasteiger partial charge is 0.326 e. The number of nitrogens with one attached hydrogen (secondary N) is 3. The third kappa shape index (κ3) is 10.6. The van der Waals surface area contributed by atoms with Gasteiger partial charge in [0.05, 0.1) is 6.04 Å². The van der Waals surface area contributed by atoms with Crippen LogP contribution in [0.1, 0.15) is 39.5 Å². The molecule has 0 aliphatic carbocycles. The first-order valence-electron chi connectivity index (χ1n) is 8.74. The van der Waals surface area contributed by atoms with Crippen molar-refractivity contribution in [1.82, 2.24) is 16.0 Å². The van der Waals surface area contributed by atoms with E-state index in [9.17, 15) is 28.8 Å². The van der Waals surface area contributed by atoms with E-state index in [-0.39, 0.29) is 19.3 Å². The highest BCUT2D eigenvalue weighted by molar-refractivity contribution is 5.94. The van der Waals surface area contributed by atoms with Crippen LogP contribution in [-0.2, 0) is 28.8 Å². The zero-order chi connectivity index (χ0) is 22.7. The zero-order valence-corrected chi connectivity index (χ0v) is 16.1. The maximum atomic E-state index is 12.4. The fourth-order valence-corrected chi connectivity index (χ4v) is 2.06. The molecule has 0 spiro atoms. The van der Waals surface area contributed by atoms with E-state index in [4.69, 9.17) is 21.7 Å². The van der Waals surface area contributed by atoms with E-state index in [0.717, 1.165) is 0 Å². The van der Waals surface area contributed by atoms with Crippen LogP contribution in [-0.4, -0.2) is 69.9 Å². The molecule has 164 valence electrons. The molecule has 0 saturated heterocycles. The summed E-state index contributed by atoms with van der Waals surface area (Å²) in [6, 6.07) is -4.79. The van der Waals surface area contributed by atoms with Crippen molar-refractivity contribution in [2.45, 2.75) is 63.7 Å². The predicted octanol–water partition coefficient (Wildman–Crippen LogP) is -2.98. The Morgan fingerprint density at radius 2 is 1.31 bits per heavy atom. The Labute approximate surface area is 166 Å². The molecule has 0 aromatic rings. The summed E-state index contributed by atoms with van der Waals surface area (Å²) in [7, 11) is 0. The molecule has 4 unspecified atom stereocenters. The summed E-state index contributed by atoms with van der Waals surface area (Å²) >= 11 is 0. The Morgan fingerprint density at radius 1 is 0.793 bits per heavy atom. The first kappa shape index (κ1) is 25.8. The number of carbonyl (C=O) groups is 6. The summed E-state index contributed by atoms with van der Waals surface area (Å²) in [6.07, 6.45) is -1.40. The second-order valence-electron chi connectivity index (χ2n) is 6.42. The van der Waals surface area contributed by atoms with Crippen molar-refractivity contribution >= 4 is 35.6 Å². The molecule has 9 N–H and O–H groups in total. The fraction of sp³-hybridized carbons (Fsp3) is 0.625. The van der Waals surface area contributed by atoms with E-state index in [1.54, 1.807) is 0 Å². The molecule has 4 amide bonds. The van der Waals surface area contributed by atoms with Crippen LogP contribution in [0.2, 0.25) is 0 Å². The third-order valence-corrected chi connectivity index (χ3v) is 3.74. The van der Waals surface area contributed by atoms with Gasteiger partial charge < -0.3 is 37.6 Å². The quantitative estimate of drug-likeness (QED) is 0.162. The molecule has 0 heterocycles. The summed E-state index contributed by atoms with van der Waals surface area (Å²) in [5.41, 5.74) is 10.4. The van der Waals surface area contributed by atoms with E-state index in [1.165, 1.54) is 13.8 Å². The van der Waals surface area contributed by atoms with Crippen LogP contribution < -0.4 is 27.4 Å². The molecule has 13 nitrogen and oxygen atoms in total. The van der Waals surface area contributed by atoms with Gasteiger partial charge in [0, 0.05) is 12.8 Å². The second kappa shape index (κ2) is 12.3. The van der Waals surface area contributed by atoms with Gasteiger partial charge in [-0.3, -0.25) is 24.0 Å². The van der Waals surface area contributed by atoms with Crippen molar-refractivity contribution in [3.8, 4) is 0 Å². The van der Waals surface area contributed by atoms with Gasteiger partial charge in [0.15, 0.2) is 0 Å². The van der Waals surface area contributed by atoms with E-state index in [2.05, 4.69) is 16.0 Å². The molecule has 29 heavy (non-hydrogen) atoms. The maximum Gasteiger partial charge on any atom is 0.326 e. The van der Waals surface area contributed by atoms with Crippen LogP contribution in [0.4, 0.5) is 0 Å². The highest BCUT2D eigenvalue weighted by atomic mass is 16.4. The molecule has 0 aliphatic rings. The molecule has 0 aliphatic heterocycles. The van der Waals surface area contributed by atoms with Gasteiger partial charge in [0.2, 0.25) is 23.6 Å². The number of rotatable bonds is 13. The minimum atomic E-state index is -1.51. The molecule has 0 saturated carbocycles. The van der Waals surface area contributed by atoms with Crippen molar-refractivity contribution in [3.05, 3.63) is 0 Å². The van der Waals surface area contributed by atoms with Gasteiger partial charge >= 0.3 is 11.9 Å². The van der Waals surface area contributed by atoms with Crippen molar-refractivity contribution in [2.75, 3.05) is 0 Å². The minimum Gasteiger partial charge on any atom is -0.481 e. The lowest BCUT2D eigenvalue weighted by Gasteiger charge is -2.23. The van der Waals surface area contributed by atoms with Crippen molar-refractivity contribution < 1.29 is 39.0 Å². The predicted molar refractivity (Wildman–Crippen MR) is 98.0 cm³/mol. The van der Waals surface area contributed by atoms with Gasteiger partial charge in [-0.15, -0.1) is 0 Å². The van der Waals surface area contributed by atoms with Crippen LogP contribution in [0.15, 0.2) is 0 Å². The lowest BCUT2D eigenvalue weighted by atomic mass is 10.1. The highest BCUT2D eigenvalue weighted by Gasteiger charge is 2.29. The number of primary amides is 1. The number of carboxylic acids is 2. The number of carboxylic acid groups (broad SMARTS) is 2. The summed E-state index contributed by atoms with van der Waals surface area (Å²) in [6.45, 7) is 2.75. The Bertz CT molecular complexity index is 651. The lowest BCUT2D eigenvalue weighted by molar-refractivity contribution is -0.143. The first-order valence-corrected chi connectivity index (χ1v) is 8.74. The van der Waals surface area contributed by atoms with Gasteiger partial charge in [-0.1, -0.05) is 0 Å². The molecular weight excluding hydrogens is 390 g/mol. The number of aliphatic carboxylic acids is 2. The summed E-state index contributed by atoms with van der Waals surface area (Å²) in [4.78, 5) is 69.1. The van der Waals surface area contributed by atoms with E-state index in [1.807, 2.05) is 0 Å². The maximum absolute atomic E-state index is 12.4. The molecule has 0 aromatic carbocycles. The first-order chi connectivity index (χ1) is 13.3. The molecule has 0 fully saturated rings. The van der Waals surface area contributed by atoms with Crippen molar-refractivity contribution in [2.24, 2.45) is 11.5 Å². The van der Waals surface area contributed by atoms with Gasteiger partial charge in [-0.2, -0.15) is 0 Å². The number of hydrogen-bond donors (Lipinski definition) is 7. The van der Waals surface area contributed by atoms with Gasteiger partial charge in [0.1, 0.15) is 18.1 Å². The van der Waals surface area contributed by atoms with Crippen LogP contribution in [0.5, 0.6) is 0 Å². The second-order valence-corrected chi connectivity index (χ2v) is 6.42. The third-order valence-electron chi connectivity index (χ3n) is 3.74. The normalized spacial score (nSPS) is 14.6. The van der Waals surface area contributed by atoms with E-state index >= 15 is 0 Å². The van der Waals surface area contributed by atoms with E-state index in [0.29, 0.717) is 0 Å². The Morgan fingerprint density at radius 3 is 1.76 bits per heavy atom. The average molecular weight is 417 g/mol. The Hall–Kier alpha value is -3.22. The molecule has 0 bridgehead atoms. The fourth-order valence-electron chi connectivity index (χ4n) is 2.06.